The van der Waals surface area contributed by atoms with Gasteiger partial charge in [-0.1, -0.05) is 36.4 Å². The Morgan fingerprint density at radius 1 is 1.11 bits per heavy atom. The van der Waals surface area contributed by atoms with Crippen molar-refractivity contribution in [2.24, 2.45) is 0 Å². The number of esters is 1. The maximum atomic E-state index is 12.9. The summed E-state index contributed by atoms with van der Waals surface area (Å²) in [4.78, 5) is 34.9. The molecule has 7 heteroatoms. The molecule has 0 radical (unpaired) electrons. The van der Waals surface area contributed by atoms with Crippen molar-refractivity contribution in [3.8, 4) is 10.7 Å². The van der Waals surface area contributed by atoms with Crippen molar-refractivity contribution >= 4 is 23.2 Å². The van der Waals surface area contributed by atoms with Crippen LogP contribution in [0, 0.1) is 0 Å². The van der Waals surface area contributed by atoms with Crippen LogP contribution in [0.15, 0.2) is 60.1 Å². The Kier molecular flexibility index (Phi) is 6.86. The molecule has 0 fully saturated rings. The van der Waals surface area contributed by atoms with E-state index in [1.165, 1.54) is 18.4 Å². The minimum absolute atomic E-state index is 0.0781. The van der Waals surface area contributed by atoms with E-state index >= 15 is 0 Å². The molecule has 0 bridgehead atoms. The first-order valence-corrected chi connectivity index (χ1v) is 9.78. The van der Waals surface area contributed by atoms with Gasteiger partial charge in [0.15, 0.2) is 0 Å². The Balaban J connectivity index is 1.69. The molecule has 0 aliphatic rings. The van der Waals surface area contributed by atoms with Crippen molar-refractivity contribution in [2.75, 3.05) is 13.7 Å². The molecule has 0 unspecified atom stereocenters. The molecule has 1 amide bonds. The Morgan fingerprint density at radius 3 is 2.61 bits per heavy atom. The topological polar surface area (TPSA) is 72.4 Å². The number of aromatic nitrogens is 2. The van der Waals surface area contributed by atoms with Crippen LogP contribution in [0.25, 0.3) is 10.7 Å². The van der Waals surface area contributed by atoms with E-state index in [4.69, 9.17) is 4.74 Å². The number of rotatable bonds is 8. The van der Waals surface area contributed by atoms with Crippen molar-refractivity contribution < 1.29 is 14.3 Å². The summed E-state index contributed by atoms with van der Waals surface area (Å²) < 4.78 is 4.71. The third-order valence-electron chi connectivity index (χ3n) is 4.15. The lowest BCUT2D eigenvalue weighted by atomic mass is 10.2. The highest BCUT2D eigenvalue weighted by Crippen LogP contribution is 2.22. The summed E-state index contributed by atoms with van der Waals surface area (Å²) >= 11 is 1.46. The van der Waals surface area contributed by atoms with Crippen LogP contribution >= 0.6 is 11.3 Å². The normalized spacial score (nSPS) is 10.5. The fourth-order valence-corrected chi connectivity index (χ4v) is 3.48. The maximum Gasteiger partial charge on any atom is 0.307 e. The van der Waals surface area contributed by atoms with E-state index in [0.29, 0.717) is 18.8 Å². The van der Waals surface area contributed by atoms with Gasteiger partial charge in [-0.3, -0.25) is 14.6 Å². The second-order valence-electron chi connectivity index (χ2n) is 6.16. The van der Waals surface area contributed by atoms with E-state index in [1.807, 2.05) is 53.9 Å². The molecule has 28 heavy (non-hydrogen) atoms. The Hall–Kier alpha value is -3.06. The maximum absolute atomic E-state index is 12.9. The van der Waals surface area contributed by atoms with E-state index in [-0.39, 0.29) is 24.7 Å². The second kappa shape index (κ2) is 9.75. The second-order valence-corrected chi connectivity index (χ2v) is 7.02. The number of hydrogen-bond acceptors (Lipinski definition) is 6. The van der Waals surface area contributed by atoms with Gasteiger partial charge in [0.1, 0.15) is 5.01 Å². The van der Waals surface area contributed by atoms with Crippen LogP contribution in [0.4, 0.5) is 0 Å². The number of thiazole rings is 1. The Labute approximate surface area is 167 Å². The zero-order valence-corrected chi connectivity index (χ0v) is 16.4. The lowest BCUT2D eigenvalue weighted by Crippen LogP contribution is -2.34. The monoisotopic (exact) mass is 395 g/mol. The summed E-state index contributed by atoms with van der Waals surface area (Å²) in [6, 6.07) is 15.4. The molecule has 1 aromatic carbocycles. The third-order valence-corrected chi connectivity index (χ3v) is 5.06. The Bertz CT molecular complexity index is 913. The molecule has 0 spiro atoms. The zero-order valence-electron chi connectivity index (χ0n) is 15.6. The molecule has 0 saturated heterocycles. The number of benzene rings is 1. The van der Waals surface area contributed by atoms with Crippen molar-refractivity contribution in [1.29, 1.82) is 0 Å². The van der Waals surface area contributed by atoms with Crippen LogP contribution in [0.3, 0.4) is 0 Å². The molecule has 0 aliphatic carbocycles. The molecule has 144 valence electrons. The first kappa shape index (κ1) is 19.7. The van der Waals surface area contributed by atoms with Crippen LogP contribution in [0.2, 0.25) is 0 Å². The van der Waals surface area contributed by atoms with Gasteiger partial charge in [0.05, 0.1) is 31.3 Å². The number of carbonyl (C=O) groups excluding carboxylic acids is 2. The summed E-state index contributed by atoms with van der Waals surface area (Å²) in [7, 11) is 1.35. The molecule has 3 aromatic rings. The predicted molar refractivity (Wildman–Crippen MR) is 108 cm³/mol. The average molecular weight is 395 g/mol. The van der Waals surface area contributed by atoms with Crippen molar-refractivity contribution in [1.82, 2.24) is 14.9 Å². The first-order valence-electron chi connectivity index (χ1n) is 8.90. The summed E-state index contributed by atoms with van der Waals surface area (Å²) in [5.41, 5.74) is 2.50. The molecule has 0 N–H and O–H groups in total. The van der Waals surface area contributed by atoms with Crippen LogP contribution in [0.1, 0.15) is 17.7 Å². The number of methoxy groups -OCH3 is 1. The van der Waals surface area contributed by atoms with Gasteiger partial charge in [0, 0.05) is 24.7 Å². The standard InChI is InChI=1S/C21H21N3O3S/c1-27-20(26)10-12-24(14-16-7-3-2-4-8-16)19(25)13-17-15-28-21(23-17)18-9-5-6-11-22-18/h2-9,11,15H,10,12-14H2,1H3. The highest BCUT2D eigenvalue weighted by molar-refractivity contribution is 7.13. The number of hydrogen-bond donors (Lipinski definition) is 0. The summed E-state index contributed by atoms with van der Waals surface area (Å²) in [5, 5.41) is 2.66. The summed E-state index contributed by atoms with van der Waals surface area (Å²) in [5.74, 6) is -0.414. The van der Waals surface area contributed by atoms with E-state index < -0.39 is 0 Å². The van der Waals surface area contributed by atoms with Crippen LogP contribution in [-0.2, 0) is 27.3 Å². The molecular formula is C21H21N3O3S. The number of nitrogens with zero attached hydrogens (tertiary/aromatic N) is 3. The fourth-order valence-electron chi connectivity index (χ4n) is 2.69. The molecule has 2 aromatic heterocycles. The highest BCUT2D eigenvalue weighted by Gasteiger charge is 2.18. The first-order chi connectivity index (χ1) is 13.7. The molecule has 0 atom stereocenters. The van der Waals surface area contributed by atoms with Crippen LogP contribution < -0.4 is 0 Å². The SMILES string of the molecule is COC(=O)CCN(Cc1ccccc1)C(=O)Cc1csc(-c2ccccn2)n1. The molecule has 0 aliphatic heterocycles. The fraction of sp³-hybridized carbons (Fsp3) is 0.238. The Morgan fingerprint density at radius 2 is 1.89 bits per heavy atom. The van der Waals surface area contributed by atoms with Gasteiger partial charge < -0.3 is 9.64 Å². The minimum atomic E-state index is -0.336. The molecular weight excluding hydrogens is 374 g/mol. The number of pyridine rings is 1. The highest BCUT2D eigenvalue weighted by atomic mass is 32.1. The van der Waals surface area contributed by atoms with E-state index in [9.17, 15) is 9.59 Å². The number of ether oxygens (including phenoxy) is 1. The summed E-state index contributed by atoms with van der Waals surface area (Å²) in [6.07, 6.45) is 2.05. The molecule has 6 nitrogen and oxygen atoms in total. The van der Waals surface area contributed by atoms with Gasteiger partial charge in [-0.05, 0) is 17.7 Å². The largest absolute Gasteiger partial charge is 0.469 e. The van der Waals surface area contributed by atoms with Gasteiger partial charge >= 0.3 is 5.97 Å². The van der Waals surface area contributed by atoms with Crippen molar-refractivity contribution in [3.63, 3.8) is 0 Å². The van der Waals surface area contributed by atoms with Gasteiger partial charge in [-0.25, -0.2) is 4.98 Å². The average Bonchev–Trinajstić information content (AvgIpc) is 3.20. The van der Waals surface area contributed by atoms with E-state index in [1.54, 1.807) is 11.1 Å². The zero-order chi connectivity index (χ0) is 19.8. The van der Waals surface area contributed by atoms with Crippen molar-refractivity contribution in [3.05, 3.63) is 71.4 Å². The third kappa shape index (κ3) is 5.47. The molecule has 2 heterocycles. The van der Waals surface area contributed by atoms with E-state index in [0.717, 1.165) is 16.3 Å². The predicted octanol–water partition coefficient (Wildman–Crippen LogP) is 3.34. The lowest BCUT2D eigenvalue weighted by Gasteiger charge is -2.22. The number of carbonyl (C=O) groups is 2. The minimum Gasteiger partial charge on any atom is -0.469 e. The van der Waals surface area contributed by atoms with Gasteiger partial charge in [-0.2, -0.15) is 0 Å². The van der Waals surface area contributed by atoms with Gasteiger partial charge in [0.2, 0.25) is 5.91 Å². The smallest absolute Gasteiger partial charge is 0.307 e. The van der Waals surface area contributed by atoms with Gasteiger partial charge in [0.25, 0.3) is 0 Å². The van der Waals surface area contributed by atoms with E-state index in [2.05, 4.69) is 9.97 Å². The van der Waals surface area contributed by atoms with Crippen LogP contribution in [-0.4, -0.2) is 40.4 Å². The quantitative estimate of drug-likeness (QED) is 0.547. The summed E-state index contributed by atoms with van der Waals surface area (Å²) in [6.45, 7) is 0.742. The van der Waals surface area contributed by atoms with Crippen molar-refractivity contribution in [2.45, 2.75) is 19.4 Å². The van der Waals surface area contributed by atoms with Crippen LogP contribution in [0.5, 0.6) is 0 Å². The number of amides is 1. The lowest BCUT2D eigenvalue weighted by molar-refractivity contribution is -0.141. The molecule has 3 rings (SSSR count). The van der Waals surface area contributed by atoms with Gasteiger partial charge in [-0.15, -0.1) is 11.3 Å². The molecule has 0 saturated carbocycles.